The summed E-state index contributed by atoms with van der Waals surface area (Å²) in [4.78, 5) is 29.6. The molecule has 12 heteroatoms. The molecule has 1 aromatic rings. The van der Waals surface area contributed by atoms with Crippen LogP contribution in [0.2, 0.25) is 0 Å². The molecular weight excluding hydrogens is 355 g/mol. The van der Waals surface area contributed by atoms with Crippen LogP contribution in [0, 0.1) is 5.92 Å². The number of carbonyl (C=O) groups is 1. The number of benzene rings is 1. The Hall–Kier alpha value is -1.58. The van der Waals surface area contributed by atoms with Gasteiger partial charge in [-0.3, -0.25) is 9.36 Å². The summed E-state index contributed by atoms with van der Waals surface area (Å²) in [6.45, 7) is 0. The van der Waals surface area contributed by atoms with E-state index in [0.29, 0.717) is 0 Å². The Balaban J connectivity index is 3.18. The van der Waals surface area contributed by atoms with E-state index in [2.05, 4.69) is 0 Å². The van der Waals surface area contributed by atoms with Gasteiger partial charge in [-0.2, -0.15) is 26.3 Å². The van der Waals surface area contributed by atoms with E-state index < -0.39 is 37.6 Å². The molecule has 0 fully saturated rings. The van der Waals surface area contributed by atoms with Crippen molar-refractivity contribution in [2.75, 3.05) is 0 Å². The lowest BCUT2D eigenvalue weighted by atomic mass is 10.1. The van der Waals surface area contributed by atoms with Crippen LogP contribution in [0.15, 0.2) is 30.3 Å². The van der Waals surface area contributed by atoms with Gasteiger partial charge >= 0.3 is 19.9 Å². The largest absolute Gasteiger partial charge is 0.409 e. The van der Waals surface area contributed by atoms with Crippen LogP contribution in [0.5, 0.6) is 0 Å². The molecule has 0 radical (unpaired) electrons. The van der Waals surface area contributed by atoms with Crippen molar-refractivity contribution in [2.45, 2.75) is 18.1 Å². The van der Waals surface area contributed by atoms with Gasteiger partial charge in [0.15, 0.2) is 5.78 Å². The zero-order valence-electron chi connectivity index (χ0n) is 11.0. The van der Waals surface area contributed by atoms with Crippen molar-refractivity contribution in [3.63, 3.8) is 0 Å². The first-order valence-corrected chi connectivity index (χ1v) is 7.46. The molecule has 3 N–H and O–H groups in total. The van der Waals surface area contributed by atoms with Crippen LogP contribution in [0.4, 0.5) is 26.3 Å². The van der Waals surface area contributed by atoms with Gasteiger partial charge < -0.3 is 15.1 Å². The van der Waals surface area contributed by atoms with E-state index in [0.717, 1.165) is 17.4 Å². The molecule has 1 unspecified atom stereocenters. The van der Waals surface area contributed by atoms with Gasteiger partial charge in [0.25, 0.3) is 0 Å². The number of amides is 1. The number of rotatable bonds is 4. The van der Waals surface area contributed by atoms with Crippen molar-refractivity contribution in [3.8, 4) is 0 Å². The summed E-state index contributed by atoms with van der Waals surface area (Å²) in [5.41, 5.74) is -0.336. The average molecular weight is 365 g/mol. The molecule has 0 saturated carbocycles. The van der Waals surface area contributed by atoms with E-state index in [9.17, 15) is 35.7 Å². The number of hydrogen-bond acceptors (Lipinski definition) is 2. The first-order chi connectivity index (χ1) is 10.2. The van der Waals surface area contributed by atoms with Gasteiger partial charge in [0.05, 0.1) is 0 Å². The molecule has 0 aliphatic heterocycles. The minimum atomic E-state index is -5.96. The standard InChI is InChI=1S/C11H10F6NO4P/c12-10(13,14)7(11(15,16)17)8(19)18-9(23(20,21)22)6-4-2-1-3-5-6/h1-5,7,9H,(H,18,19)(H2,20,21,22). The normalized spacial score (nSPS) is 14.7. The van der Waals surface area contributed by atoms with Crippen LogP contribution < -0.4 is 5.32 Å². The molecule has 5 nitrogen and oxygen atoms in total. The maximum absolute atomic E-state index is 12.4. The maximum atomic E-state index is 12.4. The lowest BCUT2D eigenvalue weighted by molar-refractivity contribution is -0.274. The molecule has 0 bridgehead atoms. The molecule has 0 heterocycles. The highest BCUT2D eigenvalue weighted by molar-refractivity contribution is 7.52. The lowest BCUT2D eigenvalue weighted by Gasteiger charge is -2.26. The summed E-state index contributed by atoms with van der Waals surface area (Å²) in [7, 11) is -5.26. The summed E-state index contributed by atoms with van der Waals surface area (Å²) in [5, 5.41) is 1.14. The second-order valence-corrected chi connectivity index (χ2v) is 6.12. The monoisotopic (exact) mass is 365 g/mol. The fourth-order valence-corrected chi connectivity index (χ4v) is 2.55. The number of hydrogen-bond donors (Lipinski definition) is 3. The molecule has 1 atom stereocenters. The quantitative estimate of drug-likeness (QED) is 0.566. The maximum Gasteiger partial charge on any atom is 0.409 e. The predicted molar refractivity (Wildman–Crippen MR) is 65.0 cm³/mol. The Bertz CT molecular complexity index is 583. The minimum absolute atomic E-state index is 0.336. The number of alkyl halides is 6. The number of nitrogens with one attached hydrogen (secondary N) is 1. The first-order valence-electron chi connectivity index (χ1n) is 5.78. The topological polar surface area (TPSA) is 86.6 Å². The highest BCUT2D eigenvalue weighted by Crippen LogP contribution is 2.50. The highest BCUT2D eigenvalue weighted by Gasteiger charge is 2.61. The fraction of sp³-hybridized carbons (Fsp3) is 0.364. The summed E-state index contributed by atoms with van der Waals surface area (Å²) in [6.07, 6.45) is -11.9. The van der Waals surface area contributed by atoms with E-state index in [4.69, 9.17) is 9.79 Å². The molecule has 0 saturated heterocycles. The van der Waals surface area contributed by atoms with Crippen LogP contribution in [0.25, 0.3) is 0 Å². The Morgan fingerprint density at radius 3 is 1.78 bits per heavy atom. The summed E-state index contributed by atoms with van der Waals surface area (Å²) in [6, 6.07) is 5.97. The van der Waals surface area contributed by atoms with Crippen molar-refractivity contribution >= 4 is 13.5 Å². The van der Waals surface area contributed by atoms with Gasteiger partial charge in [0, 0.05) is 0 Å². The molecule has 1 aromatic carbocycles. The molecule has 1 rings (SSSR count). The van der Waals surface area contributed by atoms with Gasteiger partial charge in [-0.15, -0.1) is 0 Å². The van der Waals surface area contributed by atoms with Crippen LogP contribution in [0.3, 0.4) is 0 Å². The van der Waals surface area contributed by atoms with Crippen LogP contribution in [0.1, 0.15) is 11.3 Å². The average Bonchev–Trinajstić information content (AvgIpc) is 2.32. The third-order valence-corrected chi connectivity index (χ3v) is 3.75. The van der Waals surface area contributed by atoms with Gasteiger partial charge in [0.1, 0.15) is 0 Å². The second kappa shape index (κ2) is 6.50. The van der Waals surface area contributed by atoms with Crippen molar-refractivity contribution < 1.29 is 45.5 Å². The third-order valence-electron chi connectivity index (χ3n) is 2.65. The molecular formula is C11H10F6NO4P. The Morgan fingerprint density at radius 2 is 1.43 bits per heavy atom. The Labute approximate surface area is 125 Å². The SMILES string of the molecule is O=C(NC(c1ccccc1)P(=O)(O)O)C(C(F)(F)F)C(F)(F)F. The first kappa shape index (κ1) is 19.5. The summed E-state index contributed by atoms with van der Waals surface area (Å²) >= 11 is 0. The Morgan fingerprint density at radius 1 is 1.00 bits per heavy atom. The molecule has 0 aliphatic rings. The Kier molecular flexibility index (Phi) is 5.50. The number of halogens is 6. The van der Waals surface area contributed by atoms with Crippen LogP contribution >= 0.6 is 7.60 Å². The summed E-state index contributed by atoms with van der Waals surface area (Å²) in [5.74, 6) is -9.32. The van der Waals surface area contributed by atoms with Crippen molar-refractivity contribution in [3.05, 3.63) is 35.9 Å². The predicted octanol–water partition coefficient (Wildman–Crippen LogP) is 2.72. The smallest absolute Gasteiger partial charge is 0.338 e. The van der Waals surface area contributed by atoms with Crippen molar-refractivity contribution in [2.24, 2.45) is 5.92 Å². The van der Waals surface area contributed by atoms with Gasteiger partial charge in [0.2, 0.25) is 11.8 Å². The zero-order chi connectivity index (χ0) is 18.1. The second-order valence-electron chi connectivity index (χ2n) is 4.43. The minimum Gasteiger partial charge on any atom is -0.338 e. The van der Waals surface area contributed by atoms with Gasteiger partial charge in [-0.25, -0.2) is 0 Å². The van der Waals surface area contributed by atoms with E-state index in [1.165, 1.54) is 18.2 Å². The van der Waals surface area contributed by atoms with Crippen LogP contribution in [-0.4, -0.2) is 28.0 Å². The van der Waals surface area contributed by atoms with Gasteiger partial charge in [-0.1, -0.05) is 30.3 Å². The van der Waals surface area contributed by atoms with Crippen molar-refractivity contribution in [1.29, 1.82) is 0 Å². The summed E-state index contributed by atoms with van der Waals surface area (Å²) < 4.78 is 86.0. The molecule has 0 aliphatic carbocycles. The van der Waals surface area contributed by atoms with E-state index in [1.54, 1.807) is 0 Å². The van der Waals surface area contributed by atoms with E-state index in [-0.39, 0.29) is 5.56 Å². The molecule has 23 heavy (non-hydrogen) atoms. The van der Waals surface area contributed by atoms with E-state index >= 15 is 0 Å². The van der Waals surface area contributed by atoms with E-state index in [1.807, 2.05) is 0 Å². The highest BCUT2D eigenvalue weighted by atomic mass is 31.2. The fourth-order valence-electron chi connectivity index (χ4n) is 1.70. The third kappa shape index (κ3) is 5.22. The van der Waals surface area contributed by atoms with Crippen molar-refractivity contribution in [1.82, 2.24) is 5.32 Å². The molecule has 1 amide bonds. The molecule has 130 valence electrons. The van der Waals surface area contributed by atoms with Gasteiger partial charge in [-0.05, 0) is 5.56 Å². The molecule has 0 spiro atoms. The lowest BCUT2D eigenvalue weighted by Crippen LogP contribution is -2.48. The number of carbonyl (C=O) groups excluding carboxylic acids is 1. The van der Waals surface area contributed by atoms with Crippen LogP contribution in [-0.2, 0) is 9.36 Å². The molecule has 0 aromatic heterocycles. The zero-order valence-corrected chi connectivity index (χ0v) is 11.9.